The molecule has 4 aromatic rings. The van der Waals surface area contributed by atoms with Gasteiger partial charge in [-0.05, 0) is 65.1 Å². The number of methoxy groups -OCH3 is 2. The van der Waals surface area contributed by atoms with Crippen LogP contribution in [0.2, 0.25) is 0 Å². The molecule has 0 radical (unpaired) electrons. The number of hydrogen-bond acceptors (Lipinski definition) is 8. The number of rotatable bonds is 9. The van der Waals surface area contributed by atoms with Crippen LogP contribution in [0.4, 0.5) is 5.69 Å². The van der Waals surface area contributed by atoms with E-state index in [1.54, 1.807) is 32.5 Å². The zero-order valence-corrected chi connectivity index (χ0v) is 24.9. The standard InChI is InChI=1S/C35H37N3O6/c1-41-32-16-25-12-14-38(20-28(25)17-33(32)42-2)21-30-18-31(24-10-8-23(22-39)9-11-24)44-35(43-30)26-5-3-7-29(15-26)37-34(40)27-6-4-13-36-19-27/h3-11,13,15-17,19,30-31,35,39H,12,14,18,20-22H2,1-2H3,(H,37,40). The molecular weight excluding hydrogens is 558 g/mol. The molecule has 3 aromatic carbocycles. The van der Waals surface area contributed by atoms with Crippen molar-refractivity contribution >= 4 is 11.6 Å². The molecule has 9 nitrogen and oxygen atoms in total. The number of benzene rings is 3. The molecule has 3 atom stereocenters. The second-order valence-electron chi connectivity index (χ2n) is 11.1. The van der Waals surface area contributed by atoms with Gasteiger partial charge in [-0.3, -0.25) is 14.7 Å². The molecule has 3 unspecified atom stereocenters. The summed E-state index contributed by atoms with van der Waals surface area (Å²) in [6, 6.07) is 23.1. The van der Waals surface area contributed by atoms with Gasteiger partial charge >= 0.3 is 0 Å². The van der Waals surface area contributed by atoms with E-state index in [9.17, 15) is 9.90 Å². The van der Waals surface area contributed by atoms with Crippen LogP contribution in [-0.4, -0.2) is 54.3 Å². The maximum absolute atomic E-state index is 12.8. The largest absolute Gasteiger partial charge is 0.493 e. The van der Waals surface area contributed by atoms with Crippen molar-refractivity contribution in [3.8, 4) is 11.5 Å². The highest BCUT2D eigenvalue weighted by molar-refractivity contribution is 6.04. The van der Waals surface area contributed by atoms with Crippen LogP contribution in [0, 0.1) is 0 Å². The van der Waals surface area contributed by atoms with Crippen molar-refractivity contribution in [1.82, 2.24) is 9.88 Å². The zero-order valence-electron chi connectivity index (χ0n) is 24.9. The van der Waals surface area contributed by atoms with Gasteiger partial charge in [0, 0.05) is 49.7 Å². The van der Waals surface area contributed by atoms with E-state index in [0.717, 1.165) is 54.2 Å². The summed E-state index contributed by atoms with van der Waals surface area (Å²) in [6.45, 7) is 2.41. The van der Waals surface area contributed by atoms with E-state index < -0.39 is 6.29 Å². The number of anilines is 1. The predicted octanol–water partition coefficient (Wildman–Crippen LogP) is 5.45. The van der Waals surface area contributed by atoms with E-state index in [1.165, 1.54) is 17.3 Å². The van der Waals surface area contributed by atoms with Gasteiger partial charge in [-0.2, -0.15) is 0 Å². The van der Waals surface area contributed by atoms with E-state index in [4.69, 9.17) is 18.9 Å². The fraction of sp³-hybridized carbons (Fsp3) is 0.314. The van der Waals surface area contributed by atoms with Crippen LogP contribution < -0.4 is 14.8 Å². The number of carbonyl (C=O) groups is 1. The molecule has 1 saturated heterocycles. The van der Waals surface area contributed by atoms with Crippen LogP contribution in [0.3, 0.4) is 0 Å². The number of aliphatic hydroxyl groups is 1. The number of pyridine rings is 1. The Morgan fingerprint density at radius 1 is 0.977 bits per heavy atom. The molecule has 1 amide bonds. The second-order valence-corrected chi connectivity index (χ2v) is 11.1. The minimum atomic E-state index is -0.632. The van der Waals surface area contributed by atoms with E-state index in [-0.39, 0.29) is 24.7 Å². The Labute approximate surface area is 257 Å². The van der Waals surface area contributed by atoms with Gasteiger partial charge in [-0.1, -0.05) is 36.4 Å². The third-order valence-corrected chi connectivity index (χ3v) is 8.21. The van der Waals surface area contributed by atoms with Crippen molar-refractivity contribution in [3.05, 3.63) is 119 Å². The molecule has 2 aliphatic heterocycles. The minimum Gasteiger partial charge on any atom is -0.493 e. The van der Waals surface area contributed by atoms with Crippen LogP contribution >= 0.6 is 0 Å². The number of fused-ring (bicyclic) bond motifs is 1. The monoisotopic (exact) mass is 595 g/mol. The molecule has 0 aliphatic carbocycles. The van der Waals surface area contributed by atoms with Crippen LogP contribution in [0.1, 0.15) is 57.0 Å². The van der Waals surface area contributed by atoms with Crippen molar-refractivity contribution in [1.29, 1.82) is 0 Å². The Morgan fingerprint density at radius 2 is 1.77 bits per heavy atom. The summed E-state index contributed by atoms with van der Waals surface area (Å²) in [4.78, 5) is 19.2. The number of hydrogen-bond donors (Lipinski definition) is 2. The summed E-state index contributed by atoms with van der Waals surface area (Å²) < 4.78 is 24.2. The minimum absolute atomic E-state index is 0.00911. The summed E-state index contributed by atoms with van der Waals surface area (Å²) in [6.07, 6.45) is 3.82. The first-order chi connectivity index (χ1) is 21.5. The SMILES string of the molecule is COc1cc2c(cc1OC)CN(CC1CC(c3ccc(CO)cc3)OC(c3cccc(NC(=O)c4cccnc4)c3)O1)CC2. The predicted molar refractivity (Wildman–Crippen MR) is 166 cm³/mol. The third kappa shape index (κ3) is 6.76. The van der Waals surface area contributed by atoms with Crippen LogP contribution in [0.5, 0.6) is 11.5 Å². The molecule has 0 bridgehead atoms. The summed E-state index contributed by atoms with van der Waals surface area (Å²) in [5, 5.41) is 12.5. The van der Waals surface area contributed by atoms with Gasteiger partial charge in [0.1, 0.15) is 0 Å². The van der Waals surface area contributed by atoms with Crippen molar-refractivity contribution in [2.24, 2.45) is 0 Å². The summed E-state index contributed by atoms with van der Waals surface area (Å²) in [7, 11) is 3.32. The summed E-state index contributed by atoms with van der Waals surface area (Å²) in [5.74, 6) is 1.25. The molecule has 1 fully saturated rings. The highest BCUT2D eigenvalue weighted by Gasteiger charge is 2.34. The molecule has 2 N–H and O–H groups in total. The Balaban J connectivity index is 1.22. The zero-order chi connectivity index (χ0) is 30.5. The molecule has 3 heterocycles. The Kier molecular flexibility index (Phi) is 9.18. The first-order valence-electron chi connectivity index (χ1n) is 14.8. The van der Waals surface area contributed by atoms with Gasteiger partial charge < -0.3 is 29.4 Å². The Morgan fingerprint density at radius 3 is 2.50 bits per heavy atom. The van der Waals surface area contributed by atoms with Gasteiger partial charge in [0.25, 0.3) is 5.91 Å². The lowest BCUT2D eigenvalue weighted by Crippen LogP contribution is -2.41. The van der Waals surface area contributed by atoms with Crippen LogP contribution in [0.25, 0.3) is 0 Å². The molecule has 44 heavy (non-hydrogen) atoms. The molecule has 1 aromatic heterocycles. The first kappa shape index (κ1) is 29.8. The molecule has 0 saturated carbocycles. The van der Waals surface area contributed by atoms with Crippen molar-refractivity contribution in [2.75, 3.05) is 32.6 Å². The Hall–Kier alpha value is -4.28. The first-order valence-corrected chi connectivity index (χ1v) is 14.8. The summed E-state index contributed by atoms with van der Waals surface area (Å²) in [5.41, 5.74) is 6.33. The molecule has 6 rings (SSSR count). The highest BCUT2D eigenvalue weighted by atomic mass is 16.7. The normalized spacial score (nSPS) is 20.0. The smallest absolute Gasteiger partial charge is 0.257 e. The topological polar surface area (TPSA) is 102 Å². The van der Waals surface area contributed by atoms with Crippen molar-refractivity contribution in [3.63, 3.8) is 0 Å². The Bertz CT molecular complexity index is 1580. The van der Waals surface area contributed by atoms with Crippen molar-refractivity contribution in [2.45, 2.75) is 44.5 Å². The van der Waals surface area contributed by atoms with E-state index in [0.29, 0.717) is 17.7 Å². The average molecular weight is 596 g/mol. The molecule has 9 heteroatoms. The quantitative estimate of drug-likeness (QED) is 0.264. The van der Waals surface area contributed by atoms with Crippen LogP contribution in [-0.2, 0) is 29.0 Å². The third-order valence-electron chi connectivity index (χ3n) is 8.21. The summed E-state index contributed by atoms with van der Waals surface area (Å²) >= 11 is 0. The maximum atomic E-state index is 12.8. The number of aliphatic hydroxyl groups excluding tert-OH is 1. The number of amides is 1. The van der Waals surface area contributed by atoms with E-state index >= 15 is 0 Å². The number of nitrogens with zero attached hydrogens (tertiary/aromatic N) is 2. The fourth-order valence-corrected chi connectivity index (χ4v) is 5.88. The fourth-order valence-electron chi connectivity index (χ4n) is 5.88. The van der Waals surface area contributed by atoms with Gasteiger partial charge in [-0.15, -0.1) is 0 Å². The maximum Gasteiger partial charge on any atom is 0.257 e. The molecule has 2 aliphatic rings. The van der Waals surface area contributed by atoms with Crippen LogP contribution in [0.15, 0.2) is 85.2 Å². The average Bonchev–Trinajstić information content (AvgIpc) is 3.08. The molecule has 0 spiro atoms. The second kappa shape index (κ2) is 13.6. The number of ether oxygens (including phenoxy) is 4. The van der Waals surface area contributed by atoms with Gasteiger partial charge in [0.05, 0.1) is 38.6 Å². The van der Waals surface area contributed by atoms with E-state index in [2.05, 4.69) is 27.3 Å². The van der Waals surface area contributed by atoms with Crippen molar-refractivity contribution < 1.29 is 28.8 Å². The van der Waals surface area contributed by atoms with Gasteiger partial charge in [-0.25, -0.2) is 0 Å². The molecule has 228 valence electrons. The highest BCUT2D eigenvalue weighted by Crippen LogP contribution is 2.39. The van der Waals surface area contributed by atoms with Gasteiger partial charge in [0.15, 0.2) is 17.8 Å². The lowest BCUT2D eigenvalue weighted by Gasteiger charge is -2.39. The number of aromatic nitrogens is 1. The molecular formula is C35H37N3O6. The van der Waals surface area contributed by atoms with Gasteiger partial charge in [0.2, 0.25) is 0 Å². The lowest BCUT2D eigenvalue weighted by molar-refractivity contribution is -0.253. The number of carbonyl (C=O) groups excluding carboxylic acids is 1. The van der Waals surface area contributed by atoms with E-state index in [1.807, 2.05) is 48.5 Å². The number of nitrogens with one attached hydrogen (secondary N) is 1. The lowest BCUT2D eigenvalue weighted by atomic mass is 9.97.